The lowest BCUT2D eigenvalue weighted by molar-refractivity contribution is -0.135. The zero-order valence-electron chi connectivity index (χ0n) is 11.2. The summed E-state index contributed by atoms with van der Waals surface area (Å²) < 4.78 is 0. The molecule has 3 rings (SSSR count). The van der Waals surface area contributed by atoms with Gasteiger partial charge in [0, 0.05) is 38.1 Å². The van der Waals surface area contributed by atoms with Gasteiger partial charge in [0.05, 0.1) is 0 Å². The van der Waals surface area contributed by atoms with Crippen LogP contribution in [0.25, 0.3) is 0 Å². The lowest BCUT2D eigenvalue weighted by Crippen LogP contribution is -2.56. The third-order valence-corrected chi connectivity index (χ3v) is 4.77. The molecule has 3 heterocycles. The van der Waals surface area contributed by atoms with Crippen molar-refractivity contribution in [1.82, 2.24) is 15.1 Å². The van der Waals surface area contributed by atoms with Gasteiger partial charge >= 0.3 is 0 Å². The summed E-state index contributed by atoms with van der Waals surface area (Å²) in [4.78, 5) is 17.0. The van der Waals surface area contributed by atoms with Crippen LogP contribution in [0.15, 0.2) is 0 Å². The second kappa shape index (κ2) is 5.57. The van der Waals surface area contributed by atoms with Crippen molar-refractivity contribution < 1.29 is 4.79 Å². The van der Waals surface area contributed by atoms with Crippen LogP contribution in [0.4, 0.5) is 0 Å². The lowest BCUT2D eigenvalue weighted by atomic mass is 9.99. The summed E-state index contributed by atoms with van der Waals surface area (Å²) in [5.41, 5.74) is 0. The van der Waals surface area contributed by atoms with E-state index < -0.39 is 0 Å². The summed E-state index contributed by atoms with van der Waals surface area (Å²) in [6.07, 6.45) is 7.09. The molecule has 0 saturated carbocycles. The summed E-state index contributed by atoms with van der Waals surface area (Å²) in [5, 5.41) is 3.42. The fourth-order valence-corrected chi connectivity index (χ4v) is 3.65. The molecule has 2 atom stereocenters. The molecule has 3 aliphatic heterocycles. The van der Waals surface area contributed by atoms with Gasteiger partial charge < -0.3 is 10.2 Å². The predicted octanol–water partition coefficient (Wildman–Crippen LogP) is 0.825. The Morgan fingerprint density at radius 1 is 1.11 bits per heavy atom. The number of piperidine rings is 1. The average molecular weight is 251 g/mol. The van der Waals surface area contributed by atoms with E-state index >= 15 is 0 Å². The number of rotatable bonds is 2. The van der Waals surface area contributed by atoms with Crippen LogP contribution in [-0.2, 0) is 4.79 Å². The first-order valence-electron chi connectivity index (χ1n) is 7.58. The van der Waals surface area contributed by atoms with E-state index in [9.17, 15) is 4.79 Å². The molecule has 0 aromatic rings. The molecule has 0 aliphatic carbocycles. The topological polar surface area (TPSA) is 35.6 Å². The van der Waals surface area contributed by atoms with E-state index in [4.69, 9.17) is 0 Å². The summed E-state index contributed by atoms with van der Waals surface area (Å²) in [6, 6.07) is 1.09. The third kappa shape index (κ3) is 2.69. The molecule has 4 nitrogen and oxygen atoms in total. The number of carbonyl (C=O) groups excluding carboxylic acids is 1. The minimum absolute atomic E-state index is 0.375. The molecule has 0 aromatic heterocycles. The maximum atomic E-state index is 12.3. The Kier molecular flexibility index (Phi) is 3.85. The van der Waals surface area contributed by atoms with Crippen molar-refractivity contribution in [3.05, 3.63) is 0 Å². The van der Waals surface area contributed by atoms with E-state index in [2.05, 4.69) is 15.1 Å². The van der Waals surface area contributed by atoms with Gasteiger partial charge in [-0.2, -0.15) is 0 Å². The van der Waals surface area contributed by atoms with Gasteiger partial charge in [-0.05, 0) is 38.8 Å². The Hall–Kier alpha value is -0.610. The normalized spacial score (nSPS) is 33.4. The van der Waals surface area contributed by atoms with Crippen LogP contribution in [0.1, 0.15) is 38.5 Å². The highest BCUT2D eigenvalue weighted by atomic mass is 16.2. The summed E-state index contributed by atoms with van der Waals surface area (Å²) >= 11 is 0. The minimum atomic E-state index is 0.375. The number of hydrogen-bond donors (Lipinski definition) is 1. The minimum Gasteiger partial charge on any atom is -0.340 e. The molecule has 0 spiro atoms. The summed E-state index contributed by atoms with van der Waals surface area (Å²) in [7, 11) is 0. The van der Waals surface area contributed by atoms with E-state index in [1.54, 1.807) is 0 Å². The molecule has 0 aromatic carbocycles. The SMILES string of the molecule is O=C(CC1CCCN1)N1CCN2CCCCC2C1. The van der Waals surface area contributed by atoms with E-state index in [-0.39, 0.29) is 0 Å². The molecule has 0 radical (unpaired) electrons. The number of amides is 1. The first-order chi connectivity index (χ1) is 8.83. The van der Waals surface area contributed by atoms with Gasteiger partial charge in [-0.25, -0.2) is 0 Å². The van der Waals surface area contributed by atoms with Crippen LogP contribution in [0.2, 0.25) is 0 Å². The fourth-order valence-electron chi connectivity index (χ4n) is 3.65. The van der Waals surface area contributed by atoms with Crippen molar-refractivity contribution in [2.75, 3.05) is 32.7 Å². The number of piperazine rings is 1. The zero-order chi connectivity index (χ0) is 12.4. The zero-order valence-corrected chi connectivity index (χ0v) is 11.2. The molecular weight excluding hydrogens is 226 g/mol. The molecular formula is C14H25N3O. The molecule has 1 N–H and O–H groups in total. The van der Waals surface area contributed by atoms with Crippen LogP contribution in [0.3, 0.4) is 0 Å². The van der Waals surface area contributed by atoms with Crippen molar-refractivity contribution in [1.29, 1.82) is 0 Å². The van der Waals surface area contributed by atoms with Crippen LogP contribution in [-0.4, -0.2) is 60.5 Å². The highest BCUT2D eigenvalue weighted by molar-refractivity contribution is 5.77. The molecule has 3 aliphatic rings. The van der Waals surface area contributed by atoms with Crippen molar-refractivity contribution in [2.24, 2.45) is 0 Å². The van der Waals surface area contributed by atoms with Gasteiger partial charge in [-0.3, -0.25) is 9.69 Å². The van der Waals surface area contributed by atoms with Gasteiger partial charge in [0.2, 0.25) is 5.91 Å². The fraction of sp³-hybridized carbons (Fsp3) is 0.929. The number of nitrogens with zero attached hydrogens (tertiary/aromatic N) is 2. The van der Waals surface area contributed by atoms with Crippen LogP contribution in [0, 0.1) is 0 Å². The molecule has 102 valence electrons. The van der Waals surface area contributed by atoms with Gasteiger partial charge in [0.25, 0.3) is 0 Å². The number of carbonyl (C=O) groups is 1. The van der Waals surface area contributed by atoms with E-state index in [0.717, 1.165) is 26.2 Å². The molecule has 3 fully saturated rings. The molecule has 0 bridgehead atoms. The largest absolute Gasteiger partial charge is 0.340 e. The Labute approximate surface area is 110 Å². The summed E-state index contributed by atoms with van der Waals surface area (Å²) in [5.74, 6) is 0.375. The average Bonchev–Trinajstić information content (AvgIpc) is 2.91. The highest BCUT2D eigenvalue weighted by Crippen LogP contribution is 2.22. The van der Waals surface area contributed by atoms with Crippen molar-refractivity contribution in [2.45, 2.75) is 50.6 Å². The predicted molar refractivity (Wildman–Crippen MR) is 71.4 cm³/mol. The van der Waals surface area contributed by atoms with Crippen LogP contribution in [0.5, 0.6) is 0 Å². The lowest BCUT2D eigenvalue weighted by Gasteiger charge is -2.44. The van der Waals surface area contributed by atoms with Gasteiger partial charge in [0.15, 0.2) is 0 Å². The smallest absolute Gasteiger partial charge is 0.224 e. The third-order valence-electron chi connectivity index (χ3n) is 4.77. The number of fused-ring (bicyclic) bond motifs is 1. The number of hydrogen-bond acceptors (Lipinski definition) is 3. The summed E-state index contributed by atoms with van der Waals surface area (Å²) in [6.45, 7) is 5.35. The molecule has 18 heavy (non-hydrogen) atoms. The van der Waals surface area contributed by atoms with Crippen molar-refractivity contribution in [3.63, 3.8) is 0 Å². The molecule has 4 heteroatoms. The van der Waals surface area contributed by atoms with Crippen molar-refractivity contribution in [3.8, 4) is 0 Å². The maximum Gasteiger partial charge on any atom is 0.224 e. The second-order valence-electron chi connectivity index (χ2n) is 6.02. The van der Waals surface area contributed by atoms with E-state index in [0.29, 0.717) is 24.4 Å². The Balaban J connectivity index is 1.51. The number of nitrogens with one attached hydrogen (secondary N) is 1. The van der Waals surface area contributed by atoms with E-state index in [1.165, 1.54) is 38.6 Å². The Morgan fingerprint density at radius 2 is 2.06 bits per heavy atom. The van der Waals surface area contributed by atoms with Gasteiger partial charge in [-0.1, -0.05) is 6.42 Å². The van der Waals surface area contributed by atoms with Crippen LogP contribution < -0.4 is 5.32 Å². The van der Waals surface area contributed by atoms with Gasteiger partial charge in [-0.15, -0.1) is 0 Å². The second-order valence-corrected chi connectivity index (χ2v) is 6.02. The first kappa shape index (κ1) is 12.4. The Bertz CT molecular complexity index is 301. The molecule has 2 unspecified atom stereocenters. The standard InChI is InChI=1S/C14H25N3O/c18-14(10-12-4-3-6-15-12)17-9-8-16-7-2-1-5-13(16)11-17/h12-13,15H,1-11H2. The monoisotopic (exact) mass is 251 g/mol. The molecule has 1 amide bonds. The van der Waals surface area contributed by atoms with Crippen molar-refractivity contribution >= 4 is 5.91 Å². The Morgan fingerprint density at radius 3 is 2.89 bits per heavy atom. The highest BCUT2D eigenvalue weighted by Gasteiger charge is 2.31. The van der Waals surface area contributed by atoms with Crippen LogP contribution >= 0.6 is 0 Å². The molecule has 3 saturated heterocycles. The first-order valence-corrected chi connectivity index (χ1v) is 7.58. The van der Waals surface area contributed by atoms with Gasteiger partial charge in [0.1, 0.15) is 0 Å². The van der Waals surface area contributed by atoms with E-state index in [1.807, 2.05) is 0 Å². The maximum absolute atomic E-state index is 12.3. The quantitative estimate of drug-likeness (QED) is 0.789.